The highest BCUT2D eigenvalue weighted by Gasteiger charge is 2.14. The van der Waals surface area contributed by atoms with Crippen molar-refractivity contribution in [2.75, 3.05) is 6.61 Å². The van der Waals surface area contributed by atoms with Gasteiger partial charge in [0.15, 0.2) is 12.3 Å². The molecule has 6 heteroatoms. The second-order valence-corrected chi connectivity index (χ2v) is 8.44. The fourth-order valence-corrected chi connectivity index (χ4v) is 2.97. The fourth-order valence-electron chi connectivity index (χ4n) is 2.97. The highest BCUT2D eigenvalue weighted by Crippen LogP contribution is 2.37. The predicted molar refractivity (Wildman–Crippen MR) is 114 cm³/mol. The van der Waals surface area contributed by atoms with Crippen molar-refractivity contribution in [3.8, 4) is 11.6 Å². The second-order valence-electron chi connectivity index (χ2n) is 8.44. The molecule has 0 spiro atoms. The number of H-pyrrole nitrogens is 1. The maximum absolute atomic E-state index is 12.1. The van der Waals surface area contributed by atoms with E-state index in [1.807, 2.05) is 42.5 Å². The molecular weight excluding hydrogens is 366 g/mol. The molecule has 0 aliphatic carbocycles. The van der Waals surface area contributed by atoms with Crippen molar-refractivity contribution >= 4 is 22.5 Å². The van der Waals surface area contributed by atoms with Gasteiger partial charge in [-0.2, -0.15) is 0 Å². The molecule has 0 atom stereocenters. The molecule has 3 aromatic rings. The number of benzene rings is 2. The number of nitrogens with zero attached hydrogens (tertiary/aromatic N) is 2. The highest BCUT2D eigenvalue weighted by molar-refractivity contribution is 5.95. The Morgan fingerprint density at radius 2 is 1.83 bits per heavy atom. The van der Waals surface area contributed by atoms with Crippen LogP contribution in [0.5, 0.6) is 11.6 Å². The van der Waals surface area contributed by atoms with Gasteiger partial charge in [0.2, 0.25) is 5.88 Å². The van der Waals surface area contributed by atoms with Crippen molar-refractivity contribution in [2.45, 2.75) is 46.0 Å². The molecule has 2 N–H and O–H groups in total. The van der Waals surface area contributed by atoms with Gasteiger partial charge in [0.05, 0.1) is 5.52 Å². The Morgan fingerprint density at radius 1 is 1.14 bits per heavy atom. The lowest BCUT2D eigenvalue weighted by atomic mass is 9.87. The third kappa shape index (κ3) is 4.83. The lowest BCUT2D eigenvalue weighted by Crippen LogP contribution is -2.11. The summed E-state index contributed by atoms with van der Waals surface area (Å²) in [4.78, 5) is 14.9. The molecule has 0 unspecified atom stereocenters. The number of rotatable bonds is 5. The maximum atomic E-state index is 12.1. The molecule has 0 saturated carbocycles. The van der Waals surface area contributed by atoms with Crippen molar-refractivity contribution in [3.05, 3.63) is 53.6 Å². The Kier molecular flexibility index (Phi) is 5.73. The number of hydrogen-bond acceptors (Lipinski definition) is 4. The molecule has 3 rings (SSSR count). The van der Waals surface area contributed by atoms with Gasteiger partial charge in [-0.15, -0.1) is 10.2 Å². The summed E-state index contributed by atoms with van der Waals surface area (Å²) in [6.07, 6.45) is 0. The van der Waals surface area contributed by atoms with Gasteiger partial charge >= 0.3 is 5.91 Å². The average Bonchev–Trinajstić information content (AvgIpc) is 2.98. The van der Waals surface area contributed by atoms with E-state index < -0.39 is 5.91 Å². The Bertz CT molecular complexity index is 1040. The van der Waals surface area contributed by atoms with Crippen molar-refractivity contribution in [1.29, 1.82) is 0 Å². The van der Waals surface area contributed by atoms with Gasteiger partial charge in [0.25, 0.3) is 0 Å². The number of amides is 1. The van der Waals surface area contributed by atoms with Crippen LogP contribution in [-0.2, 0) is 10.2 Å². The predicted octanol–water partition coefficient (Wildman–Crippen LogP) is 5.98. The van der Waals surface area contributed by atoms with Crippen LogP contribution in [0.15, 0.2) is 52.7 Å². The molecule has 1 amide bonds. The average molecular weight is 393 g/mol. The summed E-state index contributed by atoms with van der Waals surface area (Å²) < 4.78 is 5.50. The smallest absolute Gasteiger partial charge is 0.302 e. The molecule has 0 aliphatic rings. The van der Waals surface area contributed by atoms with Crippen LogP contribution >= 0.6 is 0 Å². The molecule has 6 nitrogen and oxygen atoms in total. The number of aromatic hydroxyl groups is 1. The Balaban J connectivity index is 1.69. The van der Waals surface area contributed by atoms with E-state index in [2.05, 4.69) is 49.8 Å². The van der Waals surface area contributed by atoms with Crippen molar-refractivity contribution in [1.82, 2.24) is 4.98 Å². The lowest BCUT2D eigenvalue weighted by Gasteiger charge is -2.19. The number of carbonyl (C=O) groups excluding carboxylic acids is 1. The standard InChI is InChI=1S/C23H27N3O3/c1-14(2)15-6-11-19-18(12-15)21(22(28)24-19)26-25-20(27)13-29-17-9-7-16(8-10-17)23(3,4)5/h6-12,14,24,28H,13H2,1-5H3. The van der Waals surface area contributed by atoms with Crippen LogP contribution in [0, 0.1) is 0 Å². The first kappa shape index (κ1) is 20.6. The van der Waals surface area contributed by atoms with Gasteiger partial charge in [0, 0.05) is 5.39 Å². The van der Waals surface area contributed by atoms with Crippen LogP contribution in [0.4, 0.5) is 5.69 Å². The van der Waals surface area contributed by atoms with E-state index in [-0.39, 0.29) is 23.6 Å². The van der Waals surface area contributed by atoms with Gasteiger partial charge in [-0.3, -0.25) is 4.79 Å². The summed E-state index contributed by atoms with van der Waals surface area (Å²) in [6.45, 7) is 10.4. The van der Waals surface area contributed by atoms with Crippen molar-refractivity contribution in [3.63, 3.8) is 0 Å². The minimum absolute atomic E-state index is 0.0549. The van der Waals surface area contributed by atoms with E-state index in [9.17, 15) is 9.90 Å². The van der Waals surface area contributed by atoms with Crippen molar-refractivity contribution < 1.29 is 14.6 Å². The minimum atomic E-state index is -0.529. The summed E-state index contributed by atoms with van der Waals surface area (Å²) in [6, 6.07) is 13.5. The number of aromatic amines is 1. The SMILES string of the molecule is CC(C)c1ccc2[nH]c(O)c(N=NC(=O)COc3ccc(C(C)(C)C)cc3)c2c1. The van der Waals surface area contributed by atoms with Gasteiger partial charge in [-0.1, -0.05) is 52.8 Å². The molecule has 0 radical (unpaired) electrons. The summed E-state index contributed by atoms with van der Waals surface area (Å²) in [5, 5.41) is 18.5. The zero-order valence-electron chi connectivity index (χ0n) is 17.5. The van der Waals surface area contributed by atoms with Crippen LogP contribution in [0.1, 0.15) is 51.7 Å². The van der Waals surface area contributed by atoms with Gasteiger partial charge in [-0.25, -0.2) is 0 Å². The topological polar surface area (TPSA) is 87.0 Å². The molecule has 1 heterocycles. The number of hydrogen-bond donors (Lipinski definition) is 2. The normalized spacial score (nSPS) is 12.2. The minimum Gasteiger partial charge on any atom is -0.493 e. The summed E-state index contributed by atoms with van der Waals surface area (Å²) in [7, 11) is 0. The van der Waals surface area contributed by atoms with Crippen LogP contribution < -0.4 is 4.74 Å². The molecule has 0 fully saturated rings. The second kappa shape index (κ2) is 8.07. The molecule has 29 heavy (non-hydrogen) atoms. The summed E-state index contributed by atoms with van der Waals surface area (Å²) in [5.74, 6) is 0.286. The summed E-state index contributed by atoms with van der Waals surface area (Å²) in [5.41, 5.74) is 3.35. The van der Waals surface area contributed by atoms with Crippen molar-refractivity contribution in [2.24, 2.45) is 10.2 Å². The first-order valence-electron chi connectivity index (χ1n) is 9.67. The van der Waals surface area contributed by atoms with E-state index in [1.165, 1.54) is 5.56 Å². The molecule has 0 saturated heterocycles. The molecule has 0 bridgehead atoms. The monoisotopic (exact) mass is 393 g/mol. The Hall–Kier alpha value is -3.15. The first-order valence-corrected chi connectivity index (χ1v) is 9.67. The summed E-state index contributed by atoms with van der Waals surface area (Å²) >= 11 is 0. The largest absolute Gasteiger partial charge is 0.493 e. The lowest BCUT2D eigenvalue weighted by molar-refractivity contribution is -0.120. The zero-order chi connectivity index (χ0) is 21.2. The van der Waals surface area contributed by atoms with E-state index >= 15 is 0 Å². The number of azo groups is 1. The molecule has 0 aliphatic heterocycles. The highest BCUT2D eigenvalue weighted by atomic mass is 16.5. The van der Waals surface area contributed by atoms with Gasteiger partial charge < -0.3 is 14.8 Å². The van der Waals surface area contributed by atoms with Gasteiger partial charge in [-0.05, 0) is 46.7 Å². The molecular formula is C23H27N3O3. The van der Waals surface area contributed by atoms with E-state index in [0.717, 1.165) is 16.5 Å². The van der Waals surface area contributed by atoms with E-state index in [1.54, 1.807) is 0 Å². The number of nitrogens with one attached hydrogen (secondary N) is 1. The van der Waals surface area contributed by atoms with Gasteiger partial charge in [0.1, 0.15) is 5.75 Å². The van der Waals surface area contributed by atoms with E-state index in [4.69, 9.17) is 4.74 Å². The van der Waals surface area contributed by atoms with Crippen LogP contribution in [-0.4, -0.2) is 22.6 Å². The van der Waals surface area contributed by atoms with Crippen LogP contribution in [0.3, 0.4) is 0 Å². The van der Waals surface area contributed by atoms with E-state index in [0.29, 0.717) is 11.7 Å². The van der Waals surface area contributed by atoms with Crippen LogP contribution in [0.25, 0.3) is 10.9 Å². The Labute approximate surface area is 170 Å². The number of fused-ring (bicyclic) bond motifs is 1. The molecule has 2 aromatic carbocycles. The number of ether oxygens (including phenoxy) is 1. The first-order chi connectivity index (χ1) is 13.6. The molecule has 152 valence electrons. The quantitative estimate of drug-likeness (QED) is 0.522. The maximum Gasteiger partial charge on any atom is 0.302 e. The third-order valence-electron chi connectivity index (χ3n) is 4.79. The fraction of sp³-hybridized carbons (Fsp3) is 0.348. The van der Waals surface area contributed by atoms with Crippen LogP contribution in [0.2, 0.25) is 0 Å². The Morgan fingerprint density at radius 3 is 2.45 bits per heavy atom. The zero-order valence-corrected chi connectivity index (χ0v) is 17.5. The number of aromatic nitrogens is 1. The third-order valence-corrected chi connectivity index (χ3v) is 4.79. The molecule has 1 aromatic heterocycles. The number of carbonyl (C=O) groups is 1.